The molecule has 1 heterocycles. The molecule has 0 atom stereocenters. The third-order valence-corrected chi connectivity index (χ3v) is 5.76. The van der Waals surface area contributed by atoms with Gasteiger partial charge in [-0.1, -0.05) is 18.2 Å². The van der Waals surface area contributed by atoms with Gasteiger partial charge in [0.2, 0.25) is 11.9 Å². The van der Waals surface area contributed by atoms with E-state index in [0.717, 1.165) is 35.6 Å². The predicted molar refractivity (Wildman–Crippen MR) is 132 cm³/mol. The Balaban J connectivity index is 0.000000241. The molecule has 1 amide bonds. The van der Waals surface area contributed by atoms with Crippen molar-refractivity contribution in [3.63, 3.8) is 0 Å². The number of hydrogen-bond acceptors (Lipinski definition) is 8. The number of nitro groups is 1. The number of non-ortho nitro benzene ring substituents is 1. The molecule has 0 bridgehead atoms. The number of aliphatic carboxylic acids is 1. The first-order valence-electron chi connectivity index (χ1n) is 11.1. The van der Waals surface area contributed by atoms with Crippen molar-refractivity contribution in [1.29, 1.82) is 0 Å². The smallest absolute Gasteiger partial charge is 0.306 e. The van der Waals surface area contributed by atoms with Crippen LogP contribution >= 0.6 is 0 Å². The number of nitrogens with two attached hydrogens (primary N) is 1. The predicted octanol–water partition coefficient (Wildman–Crippen LogP) is 3.44. The number of fused-ring (bicyclic) bond motifs is 1. The molecule has 11 nitrogen and oxygen atoms in total. The molecular weight excluding hydrogens is 452 g/mol. The molecule has 4 N–H and O–H groups in total. The van der Waals surface area contributed by atoms with Gasteiger partial charge in [0.1, 0.15) is 5.82 Å². The van der Waals surface area contributed by atoms with Crippen LogP contribution in [-0.4, -0.2) is 52.0 Å². The molecule has 1 saturated carbocycles. The third kappa shape index (κ3) is 6.62. The molecule has 4 rings (SSSR count). The zero-order valence-corrected chi connectivity index (χ0v) is 19.5. The summed E-state index contributed by atoms with van der Waals surface area (Å²) in [5, 5.41) is 23.7. The van der Waals surface area contributed by atoms with Gasteiger partial charge in [-0.25, -0.2) is 4.98 Å². The number of nitro benzene ring substituents is 1. The van der Waals surface area contributed by atoms with E-state index in [1.807, 2.05) is 43.3 Å². The Kier molecular flexibility index (Phi) is 8.13. The number of carbonyl (C=O) groups is 2. The highest BCUT2D eigenvalue weighted by atomic mass is 16.6. The molecule has 0 radical (unpaired) electrons. The van der Waals surface area contributed by atoms with E-state index in [1.165, 1.54) is 18.2 Å². The summed E-state index contributed by atoms with van der Waals surface area (Å²) in [5.74, 6) is -0.0506. The average molecular weight is 481 g/mol. The minimum atomic E-state index is -0.680. The highest BCUT2D eigenvalue weighted by Gasteiger charge is 2.26. The van der Waals surface area contributed by atoms with Gasteiger partial charge in [-0.3, -0.25) is 19.7 Å². The summed E-state index contributed by atoms with van der Waals surface area (Å²) >= 11 is 0. The first-order valence-corrected chi connectivity index (χ1v) is 11.1. The monoisotopic (exact) mass is 480 g/mol. The molecule has 0 spiro atoms. The van der Waals surface area contributed by atoms with E-state index in [0.29, 0.717) is 18.8 Å². The molecule has 2 aromatic carbocycles. The van der Waals surface area contributed by atoms with Crippen molar-refractivity contribution in [2.24, 2.45) is 11.7 Å². The Hall–Kier alpha value is -4.28. The Bertz CT molecular complexity index is 1190. The number of anilines is 2. The molecule has 35 heavy (non-hydrogen) atoms. The van der Waals surface area contributed by atoms with Crippen molar-refractivity contribution in [2.75, 3.05) is 24.3 Å². The topological polar surface area (TPSA) is 165 Å². The molecule has 3 aromatic rings. The summed E-state index contributed by atoms with van der Waals surface area (Å²) in [7, 11) is 3.94. The number of hydrogen-bond donors (Lipinski definition) is 3. The molecule has 1 aliphatic rings. The van der Waals surface area contributed by atoms with Crippen molar-refractivity contribution < 1.29 is 19.6 Å². The van der Waals surface area contributed by atoms with Gasteiger partial charge in [0.25, 0.3) is 5.69 Å². The van der Waals surface area contributed by atoms with Crippen LogP contribution in [0.15, 0.2) is 48.5 Å². The summed E-state index contributed by atoms with van der Waals surface area (Å²) in [6.45, 7) is 0. The molecule has 184 valence electrons. The summed E-state index contributed by atoms with van der Waals surface area (Å²) in [6.07, 6.45) is 3.09. The summed E-state index contributed by atoms with van der Waals surface area (Å²) in [4.78, 5) is 42.5. The lowest BCUT2D eigenvalue weighted by Crippen LogP contribution is -2.30. The number of nitrogens with zero attached hydrogens (tertiary/aromatic N) is 4. The zero-order valence-electron chi connectivity index (χ0n) is 19.5. The fourth-order valence-electron chi connectivity index (χ4n) is 3.91. The van der Waals surface area contributed by atoms with Crippen LogP contribution < -0.4 is 16.0 Å². The second-order valence-corrected chi connectivity index (χ2v) is 8.49. The minimum absolute atomic E-state index is 0.133. The summed E-state index contributed by atoms with van der Waals surface area (Å²) in [5.41, 5.74) is 5.84. The molecule has 0 unspecified atom stereocenters. The SMILES string of the molecule is CN(C)c1nc(N[C@H]2CC[C@@H](C(=O)O)CC2)nc2ccccc12.NC(=O)c1cccc([N+](=O)[O-])c1. The van der Waals surface area contributed by atoms with Crippen molar-refractivity contribution >= 4 is 40.2 Å². The van der Waals surface area contributed by atoms with Crippen molar-refractivity contribution in [3.05, 3.63) is 64.2 Å². The van der Waals surface area contributed by atoms with Crippen LogP contribution in [0.25, 0.3) is 10.9 Å². The molecule has 11 heteroatoms. The maximum Gasteiger partial charge on any atom is 0.306 e. The lowest BCUT2D eigenvalue weighted by Gasteiger charge is -2.27. The Morgan fingerprint density at radius 1 is 1.09 bits per heavy atom. The van der Waals surface area contributed by atoms with Crippen LogP contribution in [0.1, 0.15) is 36.0 Å². The summed E-state index contributed by atoms with van der Waals surface area (Å²) < 4.78 is 0. The number of amides is 1. The van der Waals surface area contributed by atoms with E-state index in [-0.39, 0.29) is 23.2 Å². The summed E-state index contributed by atoms with van der Waals surface area (Å²) in [6, 6.07) is 13.5. The van der Waals surface area contributed by atoms with Gasteiger partial charge >= 0.3 is 5.97 Å². The van der Waals surface area contributed by atoms with E-state index in [2.05, 4.69) is 15.3 Å². The first-order chi connectivity index (χ1) is 16.7. The number of carboxylic acids is 1. The van der Waals surface area contributed by atoms with E-state index in [4.69, 9.17) is 10.8 Å². The van der Waals surface area contributed by atoms with Gasteiger partial charge in [0.15, 0.2) is 0 Å². The number of para-hydroxylation sites is 1. The lowest BCUT2D eigenvalue weighted by molar-refractivity contribution is -0.384. The molecule has 1 aliphatic carbocycles. The standard InChI is InChI=1S/C17H22N4O2.C7H6N2O3/c1-21(2)15-13-5-3-4-6-14(13)19-17(20-15)18-12-9-7-11(8-10-12)16(22)23;8-7(10)5-2-1-3-6(4-5)9(11)12/h3-6,11-12H,7-10H2,1-2H3,(H,22,23)(H,18,19,20);1-4H,(H2,8,10)/t11-,12+;. The van der Waals surface area contributed by atoms with Crippen LogP contribution in [0.5, 0.6) is 0 Å². The number of aromatic nitrogens is 2. The van der Waals surface area contributed by atoms with E-state index >= 15 is 0 Å². The normalized spacial score (nSPS) is 17.1. The van der Waals surface area contributed by atoms with Crippen LogP contribution in [0.4, 0.5) is 17.5 Å². The van der Waals surface area contributed by atoms with Crippen molar-refractivity contribution in [1.82, 2.24) is 9.97 Å². The number of carboxylic acid groups (broad SMARTS) is 1. The van der Waals surface area contributed by atoms with Crippen LogP contribution in [-0.2, 0) is 4.79 Å². The largest absolute Gasteiger partial charge is 0.481 e. The quantitative estimate of drug-likeness (QED) is 0.354. The number of rotatable bonds is 6. The minimum Gasteiger partial charge on any atom is -0.481 e. The maximum atomic E-state index is 11.0. The van der Waals surface area contributed by atoms with E-state index in [9.17, 15) is 19.7 Å². The zero-order chi connectivity index (χ0) is 25.5. The number of carbonyl (C=O) groups excluding carboxylic acids is 1. The van der Waals surface area contributed by atoms with Gasteiger partial charge in [-0.15, -0.1) is 0 Å². The first kappa shape index (κ1) is 25.3. The Labute approximate surface area is 202 Å². The average Bonchev–Trinajstić information content (AvgIpc) is 2.84. The van der Waals surface area contributed by atoms with Crippen LogP contribution in [0.2, 0.25) is 0 Å². The Morgan fingerprint density at radius 2 is 1.77 bits per heavy atom. The van der Waals surface area contributed by atoms with E-state index < -0.39 is 16.8 Å². The fourth-order valence-corrected chi connectivity index (χ4v) is 3.91. The van der Waals surface area contributed by atoms with Gasteiger partial charge in [-0.2, -0.15) is 4.98 Å². The molecule has 1 fully saturated rings. The molecular formula is C24H28N6O5. The van der Waals surface area contributed by atoms with Gasteiger partial charge in [0.05, 0.1) is 16.4 Å². The van der Waals surface area contributed by atoms with Gasteiger partial charge in [-0.05, 0) is 43.9 Å². The van der Waals surface area contributed by atoms with Crippen LogP contribution in [0, 0.1) is 16.0 Å². The highest BCUT2D eigenvalue weighted by molar-refractivity contribution is 5.93. The van der Waals surface area contributed by atoms with Crippen molar-refractivity contribution in [2.45, 2.75) is 31.7 Å². The highest BCUT2D eigenvalue weighted by Crippen LogP contribution is 2.28. The third-order valence-electron chi connectivity index (χ3n) is 5.76. The fraction of sp³-hybridized carbons (Fsp3) is 0.333. The number of benzene rings is 2. The number of nitrogens with one attached hydrogen (secondary N) is 1. The molecule has 0 aliphatic heterocycles. The van der Waals surface area contributed by atoms with E-state index in [1.54, 1.807) is 0 Å². The molecule has 1 aromatic heterocycles. The van der Waals surface area contributed by atoms with Crippen molar-refractivity contribution in [3.8, 4) is 0 Å². The molecule has 0 saturated heterocycles. The lowest BCUT2D eigenvalue weighted by atomic mass is 9.86. The second kappa shape index (κ2) is 11.2. The van der Waals surface area contributed by atoms with Crippen LogP contribution in [0.3, 0.4) is 0 Å². The van der Waals surface area contributed by atoms with Gasteiger partial charge in [0, 0.05) is 43.2 Å². The van der Waals surface area contributed by atoms with Gasteiger partial charge < -0.3 is 21.1 Å². The second-order valence-electron chi connectivity index (χ2n) is 8.49. The maximum absolute atomic E-state index is 11.0. The number of primary amides is 1. The Morgan fingerprint density at radius 3 is 2.37 bits per heavy atom.